The van der Waals surface area contributed by atoms with Gasteiger partial charge in [0.25, 0.3) is 0 Å². The highest BCUT2D eigenvalue weighted by Gasteiger charge is 2.38. The third-order valence-corrected chi connectivity index (χ3v) is 6.25. The summed E-state index contributed by atoms with van der Waals surface area (Å²) in [5, 5.41) is 9.14. The molecule has 2 saturated carbocycles. The molecule has 0 saturated heterocycles. The molecule has 2 aliphatic carbocycles. The van der Waals surface area contributed by atoms with Gasteiger partial charge in [0.1, 0.15) is 5.69 Å². The van der Waals surface area contributed by atoms with E-state index in [0.717, 1.165) is 25.4 Å². The molecular weight excluding hydrogens is 324 g/mol. The van der Waals surface area contributed by atoms with Gasteiger partial charge in [-0.25, -0.2) is 4.68 Å². The molecule has 5 nitrogen and oxygen atoms in total. The lowest BCUT2D eigenvalue weighted by Gasteiger charge is -2.44. The molecule has 1 aromatic carbocycles. The van der Waals surface area contributed by atoms with E-state index in [9.17, 15) is 0 Å². The first-order valence-electron chi connectivity index (χ1n) is 10.2. The smallest absolute Gasteiger partial charge is 0.105 e. The van der Waals surface area contributed by atoms with Crippen molar-refractivity contribution >= 4 is 0 Å². The largest absolute Gasteiger partial charge is 0.375 e. The van der Waals surface area contributed by atoms with Crippen LogP contribution in [0.15, 0.2) is 30.3 Å². The minimum atomic E-state index is 0.265. The number of rotatable bonds is 7. The Morgan fingerprint density at radius 2 is 1.92 bits per heavy atom. The van der Waals surface area contributed by atoms with Crippen LogP contribution in [0.2, 0.25) is 0 Å². The summed E-state index contributed by atoms with van der Waals surface area (Å²) in [6.45, 7) is 3.56. The lowest BCUT2D eigenvalue weighted by Crippen LogP contribution is -2.47. The minimum Gasteiger partial charge on any atom is -0.375 e. The van der Waals surface area contributed by atoms with Crippen molar-refractivity contribution in [2.45, 2.75) is 63.8 Å². The van der Waals surface area contributed by atoms with Crippen molar-refractivity contribution in [3.05, 3.63) is 47.3 Å². The zero-order valence-electron chi connectivity index (χ0n) is 15.4. The van der Waals surface area contributed by atoms with E-state index in [1.165, 1.54) is 49.1 Å². The van der Waals surface area contributed by atoms with E-state index in [-0.39, 0.29) is 6.04 Å². The minimum absolute atomic E-state index is 0.265. The van der Waals surface area contributed by atoms with Crippen LogP contribution in [-0.2, 0) is 24.3 Å². The van der Waals surface area contributed by atoms with Gasteiger partial charge >= 0.3 is 0 Å². The van der Waals surface area contributed by atoms with Crippen LogP contribution in [0.25, 0.3) is 0 Å². The summed E-state index contributed by atoms with van der Waals surface area (Å²) in [5.74, 6) is 0.832. The van der Waals surface area contributed by atoms with Crippen molar-refractivity contribution in [3.8, 4) is 0 Å². The van der Waals surface area contributed by atoms with Gasteiger partial charge < -0.3 is 4.74 Å². The maximum Gasteiger partial charge on any atom is 0.105 e. The van der Waals surface area contributed by atoms with E-state index in [0.29, 0.717) is 19.3 Å². The van der Waals surface area contributed by atoms with Gasteiger partial charge in [0.2, 0.25) is 0 Å². The quantitative estimate of drug-likeness (QED) is 0.766. The Morgan fingerprint density at radius 3 is 2.65 bits per heavy atom. The summed E-state index contributed by atoms with van der Waals surface area (Å²) in [7, 11) is 0. The van der Waals surface area contributed by atoms with Crippen LogP contribution in [0.5, 0.6) is 0 Å². The number of ether oxygens (including phenoxy) is 1. The van der Waals surface area contributed by atoms with Gasteiger partial charge in [0.05, 0.1) is 24.9 Å². The van der Waals surface area contributed by atoms with Gasteiger partial charge in [-0.15, -0.1) is 5.10 Å². The molecule has 2 heterocycles. The molecule has 5 rings (SSSR count). The van der Waals surface area contributed by atoms with E-state index in [1.807, 2.05) is 6.07 Å². The highest BCUT2D eigenvalue weighted by molar-refractivity contribution is 5.20. The maximum atomic E-state index is 6.15. The lowest BCUT2D eigenvalue weighted by molar-refractivity contribution is 0.00199. The predicted octanol–water partition coefficient (Wildman–Crippen LogP) is 3.36. The monoisotopic (exact) mass is 352 g/mol. The summed E-state index contributed by atoms with van der Waals surface area (Å²) in [6.07, 6.45) is 7.79. The molecule has 0 N–H and O–H groups in total. The Labute approximate surface area is 155 Å². The fourth-order valence-electron chi connectivity index (χ4n) is 4.29. The van der Waals surface area contributed by atoms with Crippen molar-refractivity contribution in [1.29, 1.82) is 0 Å². The zero-order valence-corrected chi connectivity index (χ0v) is 15.4. The summed E-state index contributed by atoms with van der Waals surface area (Å²) < 4.78 is 8.34. The molecule has 0 unspecified atom stereocenters. The second-order valence-electron chi connectivity index (χ2n) is 8.14. The summed E-state index contributed by atoms with van der Waals surface area (Å²) in [6, 6.07) is 11.4. The summed E-state index contributed by atoms with van der Waals surface area (Å²) in [5.41, 5.74) is 3.77. The summed E-state index contributed by atoms with van der Waals surface area (Å²) >= 11 is 0. The standard InChI is InChI=1S/C21H28N4O/c1-2-5-17(6-3-1)14-26-15-20-21-19(11-12-24(20)18-7-4-8-18)25(23-22-21)13-16-9-10-16/h1-3,5-6,16,18,20H,4,7-15H2/t20-/m0/s1. The Bertz CT molecular complexity index is 736. The van der Waals surface area contributed by atoms with Gasteiger partial charge in [-0.2, -0.15) is 0 Å². The van der Waals surface area contributed by atoms with Crippen LogP contribution < -0.4 is 0 Å². The Morgan fingerprint density at radius 1 is 1.08 bits per heavy atom. The van der Waals surface area contributed by atoms with Crippen molar-refractivity contribution < 1.29 is 4.74 Å². The molecule has 0 bridgehead atoms. The zero-order chi connectivity index (χ0) is 17.3. The van der Waals surface area contributed by atoms with Crippen LogP contribution in [-0.4, -0.2) is 39.1 Å². The number of aromatic nitrogens is 3. The molecule has 5 heteroatoms. The van der Waals surface area contributed by atoms with E-state index >= 15 is 0 Å². The van der Waals surface area contributed by atoms with Gasteiger partial charge in [-0.1, -0.05) is 42.0 Å². The van der Waals surface area contributed by atoms with Crippen molar-refractivity contribution in [1.82, 2.24) is 19.9 Å². The molecule has 2 aromatic rings. The van der Waals surface area contributed by atoms with Crippen molar-refractivity contribution in [3.63, 3.8) is 0 Å². The molecule has 0 amide bonds. The third kappa shape index (κ3) is 3.30. The van der Waals surface area contributed by atoms with Crippen molar-refractivity contribution in [2.24, 2.45) is 5.92 Å². The molecule has 1 atom stereocenters. The fourth-order valence-corrected chi connectivity index (χ4v) is 4.29. The van der Waals surface area contributed by atoms with Crippen LogP contribution >= 0.6 is 0 Å². The molecule has 3 aliphatic rings. The Kier molecular flexibility index (Phi) is 4.51. The molecule has 1 aliphatic heterocycles. The first kappa shape index (κ1) is 16.5. The molecule has 0 spiro atoms. The molecular formula is C21H28N4O. The van der Waals surface area contributed by atoms with Crippen LogP contribution in [0.3, 0.4) is 0 Å². The third-order valence-electron chi connectivity index (χ3n) is 6.25. The predicted molar refractivity (Wildman–Crippen MR) is 99.6 cm³/mol. The molecule has 2 fully saturated rings. The van der Waals surface area contributed by atoms with E-state index in [1.54, 1.807) is 0 Å². The van der Waals surface area contributed by atoms with Crippen LogP contribution in [0.4, 0.5) is 0 Å². The van der Waals surface area contributed by atoms with Gasteiger partial charge in [-0.05, 0) is 37.2 Å². The number of fused-ring (bicyclic) bond motifs is 1. The fraction of sp³-hybridized carbons (Fsp3) is 0.619. The number of nitrogens with zero attached hydrogens (tertiary/aromatic N) is 4. The first-order valence-corrected chi connectivity index (χ1v) is 10.2. The molecule has 26 heavy (non-hydrogen) atoms. The van der Waals surface area contributed by atoms with E-state index in [4.69, 9.17) is 4.74 Å². The Balaban J connectivity index is 1.32. The highest BCUT2D eigenvalue weighted by atomic mass is 16.5. The maximum absolute atomic E-state index is 6.15. The average molecular weight is 352 g/mol. The molecule has 1 aromatic heterocycles. The van der Waals surface area contributed by atoms with Gasteiger partial charge in [0.15, 0.2) is 0 Å². The number of hydrogen-bond acceptors (Lipinski definition) is 4. The van der Waals surface area contributed by atoms with E-state index in [2.05, 4.69) is 44.2 Å². The second kappa shape index (κ2) is 7.12. The second-order valence-corrected chi connectivity index (χ2v) is 8.14. The summed E-state index contributed by atoms with van der Waals surface area (Å²) in [4.78, 5) is 2.65. The number of benzene rings is 1. The first-order chi connectivity index (χ1) is 12.9. The normalized spacial score (nSPS) is 23.6. The topological polar surface area (TPSA) is 43.2 Å². The molecule has 138 valence electrons. The van der Waals surface area contributed by atoms with Crippen LogP contribution in [0.1, 0.15) is 55.1 Å². The van der Waals surface area contributed by atoms with E-state index < -0.39 is 0 Å². The lowest BCUT2D eigenvalue weighted by atomic mass is 9.88. The number of hydrogen-bond donors (Lipinski definition) is 0. The van der Waals surface area contributed by atoms with Crippen LogP contribution in [0, 0.1) is 5.92 Å². The Hall–Kier alpha value is -1.72. The average Bonchev–Trinajstić information content (AvgIpc) is 3.35. The van der Waals surface area contributed by atoms with Gasteiger partial charge in [0, 0.05) is 25.6 Å². The molecule has 0 radical (unpaired) electrons. The van der Waals surface area contributed by atoms with Gasteiger partial charge in [-0.3, -0.25) is 4.90 Å². The SMILES string of the molecule is c1ccc(COC[C@H]2c3nnn(CC4CC4)c3CCN2C2CCC2)cc1. The van der Waals surface area contributed by atoms with Crippen molar-refractivity contribution in [2.75, 3.05) is 13.2 Å². The highest BCUT2D eigenvalue weighted by Crippen LogP contribution is 2.37.